The Hall–Kier alpha value is -2.18. The second-order valence-electron chi connectivity index (χ2n) is 5.86. The number of halogens is 2. The second kappa shape index (κ2) is 7.39. The van der Waals surface area contributed by atoms with E-state index in [9.17, 15) is 18.4 Å². The van der Waals surface area contributed by atoms with Crippen LogP contribution >= 0.6 is 0 Å². The SMILES string of the molecule is NC(=O)NCCC(=O)NC1(c2ccc(F)cc2F)CCCCC1. The van der Waals surface area contributed by atoms with Crippen molar-refractivity contribution in [3.05, 3.63) is 35.4 Å². The fourth-order valence-corrected chi connectivity index (χ4v) is 3.12. The predicted molar refractivity (Wildman–Crippen MR) is 81.5 cm³/mol. The van der Waals surface area contributed by atoms with Crippen molar-refractivity contribution in [3.8, 4) is 0 Å². The Kier molecular flexibility index (Phi) is 5.52. The van der Waals surface area contributed by atoms with Crippen molar-refractivity contribution < 1.29 is 18.4 Å². The van der Waals surface area contributed by atoms with Crippen LogP contribution in [0.4, 0.5) is 13.6 Å². The molecule has 126 valence electrons. The Morgan fingerprint density at radius 2 is 1.87 bits per heavy atom. The van der Waals surface area contributed by atoms with Crippen molar-refractivity contribution >= 4 is 11.9 Å². The Bertz CT molecular complexity index is 587. The van der Waals surface area contributed by atoms with E-state index in [0.717, 1.165) is 25.3 Å². The maximum atomic E-state index is 14.2. The Balaban J connectivity index is 2.15. The molecular formula is C16H21F2N3O2. The minimum atomic E-state index is -0.820. The first kappa shape index (κ1) is 17.2. The van der Waals surface area contributed by atoms with Gasteiger partial charge in [-0.25, -0.2) is 13.6 Å². The van der Waals surface area contributed by atoms with E-state index in [4.69, 9.17) is 5.73 Å². The van der Waals surface area contributed by atoms with E-state index in [-0.39, 0.29) is 18.9 Å². The number of benzene rings is 1. The summed E-state index contributed by atoms with van der Waals surface area (Å²) in [5, 5.41) is 5.23. The molecule has 23 heavy (non-hydrogen) atoms. The molecule has 1 aromatic rings. The van der Waals surface area contributed by atoms with E-state index in [0.29, 0.717) is 18.4 Å². The van der Waals surface area contributed by atoms with E-state index in [1.807, 2.05) is 0 Å². The number of nitrogens with one attached hydrogen (secondary N) is 2. The van der Waals surface area contributed by atoms with Gasteiger partial charge in [0, 0.05) is 24.6 Å². The van der Waals surface area contributed by atoms with E-state index in [1.165, 1.54) is 12.1 Å². The van der Waals surface area contributed by atoms with Crippen molar-refractivity contribution in [3.63, 3.8) is 0 Å². The minimum absolute atomic E-state index is 0.0491. The summed E-state index contributed by atoms with van der Waals surface area (Å²) in [5.41, 5.74) is 4.44. The van der Waals surface area contributed by atoms with Crippen molar-refractivity contribution in [1.29, 1.82) is 0 Å². The smallest absolute Gasteiger partial charge is 0.312 e. The molecule has 0 atom stereocenters. The van der Waals surface area contributed by atoms with Gasteiger partial charge in [-0.1, -0.05) is 25.3 Å². The number of rotatable bonds is 5. The molecule has 1 aliphatic rings. The van der Waals surface area contributed by atoms with E-state index < -0.39 is 23.2 Å². The molecule has 0 spiro atoms. The van der Waals surface area contributed by atoms with Crippen LogP contribution in [0.2, 0.25) is 0 Å². The maximum Gasteiger partial charge on any atom is 0.312 e. The van der Waals surface area contributed by atoms with Gasteiger partial charge >= 0.3 is 6.03 Å². The molecule has 4 N–H and O–H groups in total. The molecule has 0 saturated heterocycles. The van der Waals surface area contributed by atoms with Crippen molar-refractivity contribution in [2.45, 2.75) is 44.1 Å². The third-order valence-electron chi connectivity index (χ3n) is 4.18. The number of nitrogens with two attached hydrogens (primary N) is 1. The number of urea groups is 1. The first-order valence-corrected chi connectivity index (χ1v) is 7.73. The first-order chi connectivity index (χ1) is 10.9. The highest BCUT2D eigenvalue weighted by atomic mass is 19.1. The van der Waals surface area contributed by atoms with Crippen molar-refractivity contribution in [2.24, 2.45) is 5.73 Å². The zero-order chi connectivity index (χ0) is 16.9. The minimum Gasteiger partial charge on any atom is -0.352 e. The molecule has 0 aromatic heterocycles. The third-order valence-corrected chi connectivity index (χ3v) is 4.18. The van der Waals surface area contributed by atoms with Gasteiger partial charge in [0.2, 0.25) is 5.91 Å². The number of hydrogen-bond acceptors (Lipinski definition) is 2. The molecule has 5 nitrogen and oxygen atoms in total. The normalized spacial score (nSPS) is 16.6. The number of hydrogen-bond donors (Lipinski definition) is 3. The van der Waals surface area contributed by atoms with Gasteiger partial charge in [0.25, 0.3) is 0 Å². The molecule has 7 heteroatoms. The van der Waals surface area contributed by atoms with Gasteiger partial charge < -0.3 is 16.4 Å². The summed E-state index contributed by atoms with van der Waals surface area (Å²) in [4.78, 5) is 22.8. The van der Waals surface area contributed by atoms with E-state index >= 15 is 0 Å². The molecule has 2 rings (SSSR count). The topological polar surface area (TPSA) is 84.2 Å². The molecule has 1 aromatic carbocycles. The zero-order valence-corrected chi connectivity index (χ0v) is 12.8. The van der Waals surface area contributed by atoms with Gasteiger partial charge in [-0.15, -0.1) is 0 Å². The van der Waals surface area contributed by atoms with Crippen LogP contribution < -0.4 is 16.4 Å². The average molecular weight is 325 g/mol. The highest BCUT2D eigenvalue weighted by Crippen LogP contribution is 2.38. The highest BCUT2D eigenvalue weighted by Gasteiger charge is 2.37. The highest BCUT2D eigenvalue weighted by molar-refractivity contribution is 5.78. The maximum absolute atomic E-state index is 14.2. The lowest BCUT2D eigenvalue weighted by atomic mass is 9.76. The average Bonchev–Trinajstić information content (AvgIpc) is 2.47. The number of primary amides is 1. The number of carbonyl (C=O) groups is 2. The quantitative estimate of drug-likeness (QED) is 0.776. The van der Waals surface area contributed by atoms with Crippen LogP contribution in [-0.2, 0) is 10.3 Å². The van der Waals surface area contributed by atoms with Crippen LogP contribution in [0, 0.1) is 11.6 Å². The first-order valence-electron chi connectivity index (χ1n) is 7.73. The summed E-state index contributed by atoms with van der Waals surface area (Å²) in [5.74, 6) is -1.60. The van der Waals surface area contributed by atoms with Gasteiger partial charge in [0.15, 0.2) is 0 Å². The Morgan fingerprint density at radius 1 is 1.17 bits per heavy atom. The van der Waals surface area contributed by atoms with Gasteiger partial charge in [-0.05, 0) is 18.9 Å². The molecule has 0 bridgehead atoms. The van der Waals surface area contributed by atoms with Crippen LogP contribution in [0.25, 0.3) is 0 Å². The largest absolute Gasteiger partial charge is 0.352 e. The molecular weight excluding hydrogens is 304 g/mol. The van der Waals surface area contributed by atoms with Gasteiger partial charge in [0.05, 0.1) is 5.54 Å². The molecule has 1 fully saturated rings. The Morgan fingerprint density at radius 3 is 2.48 bits per heavy atom. The van der Waals surface area contributed by atoms with Gasteiger partial charge in [-0.3, -0.25) is 4.79 Å². The van der Waals surface area contributed by atoms with Gasteiger partial charge in [0.1, 0.15) is 11.6 Å². The molecule has 3 amide bonds. The molecule has 1 aliphatic carbocycles. The lowest BCUT2D eigenvalue weighted by molar-refractivity contribution is -0.123. The summed E-state index contributed by atoms with van der Waals surface area (Å²) in [6.07, 6.45) is 3.99. The van der Waals surface area contributed by atoms with E-state index in [2.05, 4.69) is 10.6 Å². The zero-order valence-electron chi connectivity index (χ0n) is 12.8. The number of carbonyl (C=O) groups excluding carboxylic acids is 2. The lowest BCUT2D eigenvalue weighted by Crippen LogP contribution is -2.48. The molecule has 0 unspecified atom stereocenters. The van der Waals surface area contributed by atoms with Crippen LogP contribution in [-0.4, -0.2) is 18.5 Å². The summed E-state index contributed by atoms with van der Waals surface area (Å²) < 4.78 is 27.4. The molecule has 0 radical (unpaired) electrons. The fraction of sp³-hybridized carbons (Fsp3) is 0.500. The standard InChI is InChI=1S/C16H21F2N3O2/c17-11-4-5-12(13(18)10-11)16(7-2-1-3-8-16)21-14(22)6-9-20-15(19)23/h4-5,10H,1-3,6-9H2,(H,21,22)(H3,19,20,23). The van der Waals surface area contributed by atoms with Crippen molar-refractivity contribution in [2.75, 3.05) is 6.54 Å². The van der Waals surface area contributed by atoms with Crippen LogP contribution in [0.5, 0.6) is 0 Å². The monoisotopic (exact) mass is 325 g/mol. The summed E-state index contributed by atoms with van der Waals surface area (Å²) in [7, 11) is 0. The summed E-state index contributed by atoms with van der Waals surface area (Å²) >= 11 is 0. The molecule has 1 saturated carbocycles. The van der Waals surface area contributed by atoms with Crippen LogP contribution in [0.1, 0.15) is 44.1 Å². The van der Waals surface area contributed by atoms with Crippen molar-refractivity contribution in [1.82, 2.24) is 10.6 Å². The Labute approximate surface area is 133 Å². The second-order valence-corrected chi connectivity index (χ2v) is 5.86. The van der Waals surface area contributed by atoms with Crippen LogP contribution in [0.15, 0.2) is 18.2 Å². The third kappa shape index (κ3) is 4.40. The molecule has 0 heterocycles. The number of amides is 3. The van der Waals surface area contributed by atoms with Crippen LogP contribution in [0.3, 0.4) is 0 Å². The van der Waals surface area contributed by atoms with Gasteiger partial charge in [-0.2, -0.15) is 0 Å². The van der Waals surface area contributed by atoms with E-state index in [1.54, 1.807) is 0 Å². The fourth-order valence-electron chi connectivity index (χ4n) is 3.12. The lowest BCUT2D eigenvalue weighted by Gasteiger charge is -2.39. The summed E-state index contributed by atoms with van der Waals surface area (Å²) in [6.45, 7) is 0.114. The molecule has 0 aliphatic heterocycles. The predicted octanol–water partition coefficient (Wildman–Crippen LogP) is 2.30. The summed E-state index contributed by atoms with van der Waals surface area (Å²) in [6, 6.07) is 2.75.